The Morgan fingerprint density at radius 3 is 2.45 bits per heavy atom. The molecule has 0 heterocycles. The Hall–Kier alpha value is -0.0800. The van der Waals surface area contributed by atoms with Gasteiger partial charge in [0.1, 0.15) is 0 Å². The maximum atomic E-state index is 5.54. The number of nitrogens with two attached hydrogens (primary N) is 1. The summed E-state index contributed by atoms with van der Waals surface area (Å²) in [5.74, 6) is 0.652. The number of rotatable bonds is 6. The molecule has 2 unspecified atom stereocenters. The molecule has 0 spiro atoms. The molecule has 0 saturated heterocycles. The molecule has 0 radical (unpaired) electrons. The smallest absolute Gasteiger partial charge is 0.00669 e. The Bertz CT molecular complexity index is 83.6. The topological polar surface area (TPSA) is 38.0 Å². The Morgan fingerprint density at radius 2 is 2.09 bits per heavy atom. The standard InChI is InChI=1S/C9H22N2/c1-4-5-9(11-3)6-8(2)7-10/h8-9,11H,4-7,10H2,1-3H3. The van der Waals surface area contributed by atoms with Gasteiger partial charge in [-0.1, -0.05) is 20.3 Å². The van der Waals surface area contributed by atoms with E-state index in [9.17, 15) is 0 Å². The average Bonchev–Trinajstić information content (AvgIpc) is 2.03. The monoisotopic (exact) mass is 158 g/mol. The van der Waals surface area contributed by atoms with E-state index in [4.69, 9.17) is 5.73 Å². The molecule has 11 heavy (non-hydrogen) atoms. The van der Waals surface area contributed by atoms with Crippen molar-refractivity contribution in [2.45, 2.75) is 39.2 Å². The molecule has 0 amide bonds. The van der Waals surface area contributed by atoms with Crippen LogP contribution in [0, 0.1) is 5.92 Å². The van der Waals surface area contributed by atoms with E-state index in [0.29, 0.717) is 12.0 Å². The van der Waals surface area contributed by atoms with Gasteiger partial charge in [-0.05, 0) is 32.4 Å². The quantitative estimate of drug-likeness (QED) is 0.612. The Morgan fingerprint density at radius 1 is 1.45 bits per heavy atom. The van der Waals surface area contributed by atoms with Gasteiger partial charge in [-0.3, -0.25) is 0 Å². The zero-order valence-electron chi connectivity index (χ0n) is 8.06. The van der Waals surface area contributed by atoms with E-state index in [-0.39, 0.29) is 0 Å². The Labute approximate surface area is 70.5 Å². The van der Waals surface area contributed by atoms with E-state index in [0.717, 1.165) is 6.54 Å². The first-order chi connectivity index (χ1) is 5.24. The normalized spacial score (nSPS) is 16.4. The molecule has 0 aromatic carbocycles. The second-order valence-electron chi connectivity index (χ2n) is 3.35. The highest BCUT2D eigenvalue weighted by Gasteiger charge is 2.08. The highest BCUT2D eigenvalue weighted by atomic mass is 14.9. The third-order valence-electron chi connectivity index (χ3n) is 2.13. The van der Waals surface area contributed by atoms with Crippen molar-refractivity contribution >= 4 is 0 Å². The third-order valence-corrected chi connectivity index (χ3v) is 2.13. The summed E-state index contributed by atoms with van der Waals surface area (Å²) in [6, 6.07) is 0.665. The first-order valence-electron chi connectivity index (χ1n) is 4.61. The van der Waals surface area contributed by atoms with Crippen molar-refractivity contribution in [2.24, 2.45) is 11.7 Å². The lowest BCUT2D eigenvalue weighted by molar-refractivity contribution is 0.405. The Balaban J connectivity index is 3.49. The summed E-state index contributed by atoms with van der Waals surface area (Å²) in [7, 11) is 2.03. The van der Waals surface area contributed by atoms with Crippen LogP contribution in [0.2, 0.25) is 0 Å². The summed E-state index contributed by atoms with van der Waals surface area (Å²) in [5, 5.41) is 3.31. The highest BCUT2D eigenvalue weighted by Crippen LogP contribution is 2.08. The van der Waals surface area contributed by atoms with Crippen LogP contribution in [0.4, 0.5) is 0 Å². The lowest BCUT2D eigenvalue weighted by atomic mass is 9.99. The maximum Gasteiger partial charge on any atom is 0.00669 e. The van der Waals surface area contributed by atoms with Crippen LogP contribution in [-0.2, 0) is 0 Å². The third kappa shape index (κ3) is 5.22. The Kier molecular flexibility index (Phi) is 6.57. The first-order valence-corrected chi connectivity index (χ1v) is 4.61. The van der Waals surface area contributed by atoms with Gasteiger partial charge in [0.25, 0.3) is 0 Å². The fraction of sp³-hybridized carbons (Fsp3) is 1.00. The predicted octanol–water partition coefficient (Wildman–Crippen LogP) is 1.36. The fourth-order valence-electron chi connectivity index (χ4n) is 1.31. The predicted molar refractivity (Wildman–Crippen MR) is 50.6 cm³/mol. The van der Waals surface area contributed by atoms with Gasteiger partial charge >= 0.3 is 0 Å². The van der Waals surface area contributed by atoms with Crippen LogP contribution in [0.25, 0.3) is 0 Å². The van der Waals surface area contributed by atoms with Crippen LogP contribution in [-0.4, -0.2) is 19.6 Å². The van der Waals surface area contributed by atoms with Gasteiger partial charge in [0.2, 0.25) is 0 Å². The van der Waals surface area contributed by atoms with E-state index in [2.05, 4.69) is 19.2 Å². The highest BCUT2D eigenvalue weighted by molar-refractivity contribution is 4.67. The molecule has 2 nitrogen and oxygen atoms in total. The molecule has 0 aliphatic heterocycles. The van der Waals surface area contributed by atoms with E-state index in [1.165, 1.54) is 19.3 Å². The number of hydrogen-bond donors (Lipinski definition) is 2. The molecule has 2 atom stereocenters. The van der Waals surface area contributed by atoms with Crippen LogP contribution >= 0.6 is 0 Å². The second-order valence-corrected chi connectivity index (χ2v) is 3.35. The first kappa shape index (κ1) is 10.9. The van der Waals surface area contributed by atoms with Crippen LogP contribution in [0.3, 0.4) is 0 Å². The maximum absolute atomic E-state index is 5.54. The molecule has 0 bridgehead atoms. The molecule has 0 saturated carbocycles. The number of nitrogens with one attached hydrogen (secondary N) is 1. The summed E-state index contributed by atoms with van der Waals surface area (Å²) in [6.07, 6.45) is 3.73. The van der Waals surface area contributed by atoms with Gasteiger partial charge in [0.15, 0.2) is 0 Å². The van der Waals surface area contributed by atoms with Gasteiger partial charge in [-0.25, -0.2) is 0 Å². The van der Waals surface area contributed by atoms with Crippen molar-refractivity contribution in [1.29, 1.82) is 0 Å². The van der Waals surface area contributed by atoms with Crippen molar-refractivity contribution < 1.29 is 0 Å². The molecule has 0 fully saturated rings. The van der Waals surface area contributed by atoms with Crippen molar-refractivity contribution in [3.63, 3.8) is 0 Å². The minimum atomic E-state index is 0.652. The van der Waals surface area contributed by atoms with Crippen LogP contribution in [0.15, 0.2) is 0 Å². The van der Waals surface area contributed by atoms with Gasteiger partial charge in [-0.2, -0.15) is 0 Å². The van der Waals surface area contributed by atoms with Gasteiger partial charge in [-0.15, -0.1) is 0 Å². The molecule has 0 aliphatic rings. The molecule has 0 aromatic heterocycles. The lowest BCUT2D eigenvalue weighted by Crippen LogP contribution is -2.29. The largest absolute Gasteiger partial charge is 0.330 e. The van der Waals surface area contributed by atoms with Crippen molar-refractivity contribution in [3.05, 3.63) is 0 Å². The van der Waals surface area contributed by atoms with Crippen LogP contribution < -0.4 is 11.1 Å². The summed E-state index contributed by atoms with van der Waals surface area (Å²) in [5.41, 5.74) is 5.54. The zero-order chi connectivity index (χ0) is 8.69. The summed E-state index contributed by atoms with van der Waals surface area (Å²) >= 11 is 0. The molecule has 68 valence electrons. The van der Waals surface area contributed by atoms with Gasteiger partial charge in [0.05, 0.1) is 0 Å². The minimum Gasteiger partial charge on any atom is -0.330 e. The minimum absolute atomic E-state index is 0.652. The summed E-state index contributed by atoms with van der Waals surface area (Å²) in [4.78, 5) is 0. The van der Waals surface area contributed by atoms with Crippen molar-refractivity contribution in [3.8, 4) is 0 Å². The SMILES string of the molecule is CCCC(CC(C)CN)NC. The molecular weight excluding hydrogens is 136 g/mol. The van der Waals surface area contributed by atoms with Crippen molar-refractivity contribution in [2.75, 3.05) is 13.6 Å². The summed E-state index contributed by atoms with van der Waals surface area (Å²) in [6.45, 7) is 5.24. The molecule has 0 aliphatic carbocycles. The zero-order valence-corrected chi connectivity index (χ0v) is 8.06. The van der Waals surface area contributed by atoms with Crippen LogP contribution in [0.5, 0.6) is 0 Å². The van der Waals surface area contributed by atoms with E-state index in [1.807, 2.05) is 7.05 Å². The van der Waals surface area contributed by atoms with Gasteiger partial charge < -0.3 is 11.1 Å². The lowest BCUT2D eigenvalue weighted by Gasteiger charge is -2.18. The van der Waals surface area contributed by atoms with E-state index in [1.54, 1.807) is 0 Å². The average molecular weight is 158 g/mol. The van der Waals surface area contributed by atoms with E-state index >= 15 is 0 Å². The van der Waals surface area contributed by atoms with Crippen LogP contribution in [0.1, 0.15) is 33.1 Å². The summed E-state index contributed by atoms with van der Waals surface area (Å²) < 4.78 is 0. The molecular formula is C9H22N2. The van der Waals surface area contributed by atoms with Crippen molar-refractivity contribution in [1.82, 2.24) is 5.32 Å². The fourth-order valence-corrected chi connectivity index (χ4v) is 1.31. The molecule has 2 heteroatoms. The molecule has 3 N–H and O–H groups in total. The second kappa shape index (κ2) is 6.62. The molecule has 0 rings (SSSR count). The van der Waals surface area contributed by atoms with E-state index < -0.39 is 0 Å². The van der Waals surface area contributed by atoms with Gasteiger partial charge in [0, 0.05) is 6.04 Å². The molecule has 0 aromatic rings. The number of hydrogen-bond acceptors (Lipinski definition) is 2.